The van der Waals surface area contributed by atoms with Crippen molar-refractivity contribution in [3.05, 3.63) is 30.0 Å². The van der Waals surface area contributed by atoms with Gasteiger partial charge in [0.2, 0.25) is 11.8 Å². The van der Waals surface area contributed by atoms with Gasteiger partial charge in [-0.05, 0) is 30.0 Å². The van der Waals surface area contributed by atoms with Crippen LogP contribution in [0.5, 0.6) is 5.88 Å². The van der Waals surface area contributed by atoms with E-state index in [0.717, 1.165) is 17.2 Å². The van der Waals surface area contributed by atoms with E-state index >= 15 is 0 Å². The molecule has 23 heavy (non-hydrogen) atoms. The van der Waals surface area contributed by atoms with Crippen LogP contribution in [0.25, 0.3) is 10.8 Å². The van der Waals surface area contributed by atoms with E-state index in [4.69, 9.17) is 10.5 Å². The first-order chi connectivity index (χ1) is 11.1. The molecule has 1 fully saturated rings. The number of rotatable bonds is 5. The first-order valence-corrected chi connectivity index (χ1v) is 7.41. The molecular weight excluding hydrogens is 296 g/mol. The van der Waals surface area contributed by atoms with Crippen LogP contribution >= 0.6 is 0 Å². The van der Waals surface area contributed by atoms with Gasteiger partial charge in [-0.1, -0.05) is 0 Å². The number of hydrogen-bond donors (Lipinski definition) is 3. The quantitative estimate of drug-likeness (QED) is 0.764. The summed E-state index contributed by atoms with van der Waals surface area (Å²) in [7, 11) is 1.72. The number of aromatic nitrogens is 1. The maximum absolute atomic E-state index is 11.5. The second kappa shape index (κ2) is 6.12. The smallest absolute Gasteiger partial charge is 0.250 e. The Bertz CT molecular complexity index is 775. The van der Waals surface area contributed by atoms with E-state index in [-0.39, 0.29) is 11.9 Å². The molecule has 0 saturated carbocycles. The highest BCUT2D eigenvalue weighted by atomic mass is 16.5. The van der Waals surface area contributed by atoms with Gasteiger partial charge in [-0.3, -0.25) is 9.59 Å². The molecule has 1 aliphatic rings. The number of benzene rings is 1. The van der Waals surface area contributed by atoms with Gasteiger partial charge >= 0.3 is 0 Å². The van der Waals surface area contributed by atoms with Gasteiger partial charge in [-0.15, -0.1) is 0 Å². The lowest BCUT2D eigenvalue weighted by molar-refractivity contribution is -0.119. The van der Waals surface area contributed by atoms with E-state index < -0.39 is 5.91 Å². The number of nitrogens with two attached hydrogens (primary N) is 1. The number of anilines is 1. The molecule has 0 aliphatic carbocycles. The zero-order valence-corrected chi connectivity index (χ0v) is 12.8. The Kier molecular flexibility index (Phi) is 4.01. The van der Waals surface area contributed by atoms with Gasteiger partial charge in [0.1, 0.15) is 6.61 Å². The van der Waals surface area contributed by atoms with E-state index in [2.05, 4.69) is 15.6 Å². The van der Waals surface area contributed by atoms with Crippen LogP contribution in [-0.4, -0.2) is 36.5 Å². The lowest BCUT2D eigenvalue weighted by Gasteiger charge is -2.14. The average molecular weight is 314 g/mol. The molecule has 1 unspecified atom stereocenters. The lowest BCUT2D eigenvalue weighted by Crippen LogP contribution is -2.31. The van der Waals surface area contributed by atoms with Crippen LogP contribution in [0.4, 0.5) is 5.69 Å². The minimum absolute atomic E-state index is 0.00761. The standard InChI is InChI=1S/C16H18N4O3/c1-18-13-7-11-9(6-12(13)15(17)22)4-5-19-16(11)23-8-10-2-3-14(21)20-10/h4-7,10,18H,2-3,8H2,1H3,(H2,17,22)(H,20,21). The van der Waals surface area contributed by atoms with Crippen molar-refractivity contribution in [3.63, 3.8) is 0 Å². The molecule has 7 heteroatoms. The van der Waals surface area contributed by atoms with Crippen molar-refractivity contribution in [3.8, 4) is 5.88 Å². The Hall–Kier alpha value is -2.83. The summed E-state index contributed by atoms with van der Waals surface area (Å²) in [6.45, 7) is 0.365. The Labute approximate surface area is 133 Å². The van der Waals surface area contributed by atoms with Crippen molar-refractivity contribution in [2.75, 3.05) is 19.0 Å². The fourth-order valence-electron chi connectivity index (χ4n) is 2.70. The summed E-state index contributed by atoms with van der Waals surface area (Å²) in [5.41, 5.74) is 6.45. The molecule has 3 rings (SSSR count). The van der Waals surface area contributed by atoms with Crippen LogP contribution in [0.15, 0.2) is 24.4 Å². The highest BCUT2D eigenvalue weighted by Gasteiger charge is 2.21. The molecule has 1 atom stereocenters. The van der Waals surface area contributed by atoms with Crippen molar-refractivity contribution < 1.29 is 14.3 Å². The third-order valence-corrected chi connectivity index (χ3v) is 3.91. The zero-order valence-electron chi connectivity index (χ0n) is 12.8. The third kappa shape index (κ3) is 3.03. The summed E-state index contributed by atoms with van der Waals surface area (Å²) >= 11 is 0. The minimum atomic E-state index is -0.496. The van der Waals surface area contributed by atoms with Crippen LogP contribution < -0.4 is 21.1 Å². The number of pyridine rings is 1. The number of primary amides is 1. The summed E-state index contributed by atoms with van der Waals surface area (Å²) in [6, 6.07) is 5.32. The molecule has 1 aromatic carbocycles. The van der Waals surface area contributed by atoms with Gasteiger partial charge in [-0.2, -0.15) is 0 Å². The second-order valence-corrected chi connectivity index (χ2v) is 5.46. The molecule has 7 nitrogen and oxygen atoms in total. The molecule has 120 valence electrons. The minimum Gasteiger partial charge on any atom is -0.475 e. The summed E-state index contributed by atoms with van der Waals surface area (Å²) in [5, 5.41) is 7.41. The maximum Gasteiger partial charge on any atom is 0.250 e. The number of ether oxygens (including phenoxy) is 1. The molecule has 2 heterocycles. The largest absolute Gasteiger partial charge is 0.475 e. The SMILES string of the molecule is CNc1cc2c(OCC3CCC(=O)N3)nccc2cc1C(N)=O. The fourth-order valence-corrected chi connectivity index (χ4v) is 2.70. The molecule has 2 amide bonds. The first-order valence-electron chi connectivity index (χ1n) is 7.41. The summed E-state index contributed by atoms with van der Waals surface area (Å²) in [5.74, 6) is 0.0217. The van der Waals surface area contributed by atoms with Crippen molar-refractivity contribution in [2.24, 2.45) is 5.73 Å². The van der Waals surface area contributed by atoms with Crippen LogP contribution in [0, 0.1) is 0 Å². The monoisotopic (exact) mass is 314 g/mol. The lowest BCUT2D eigenvalue weighted by atomic mass is 10.1. The topological polar surface area (TPSA) is 106 Å². The van der Waals surface area contributed by atoms with Crippen molar-refractivity contribution >= 4 is 28.3 Å². The molecule has 0 radical (unpaired) electrons. The van der Waals surface area contributed by atoms with Gasteiger partial charge < -0.3 is 21.1 Å². The average Bonchev–Trinajstić information content (AvgIpc) is 2.96. The molecule has 1 saturated heterocycles. The van der Waals surface area contributed by atoms with Gasteiger partial charge in [-0.25, -0.2) is 4.98 Å². The van der Waals surface area contributed by atoms with Gasteiger partial charge in [0.05, 0.1) is 11.6 Å². The molecule has 1 aliphatic heterocycles. The Morgan fingerprint density at radius 2 is 2.35 bits per heavy atom. The second-order valence-electron chi connectivity index (χ2n) is 5.46. The summed E-state index contributed by atoms with van der Waals surface area (Å²) in [6.07, 6.45) is 2.91. The number of hydrogen-bond acceptors (Lipinski definition) is 5. The molecule has 0 spiro atoms. The Morgan fingerprint density at radius 3 is 3.00 bits per heavy atom. The molecule has 4 N–H and O–H groups in total. The zero-order chi connectivity index (χ0) is 16.4. The normalized spacial score (nSPS) is 17.1. The first kappa shape index (κ1) is 15.1. The number of nitrogens with zero attached hydrogens (tertiary/aromatic N) is 1. The molecular formula is C16H18N4O3. The highest BCUT2D eigenvalue weighted by Crippen LogP contribution is 2.29. The van der Waals surface area contributed by atoms with Crippen LogP contribution in [-0.2, 0) is 4.79 Å². The number of fused-ring (bicyclic) bond motifs is 1. The van der Waals surface area contributed by atoms with Crippen molar-refractivity contribution in [1.29, 1.82) is 0 Å². The number of nitrogens with one attached hydrogen (secondary N) is 2. The Morgan fingerprint density at radius 1 is 1.52 bits per heavy atom. The predicted octanol–water partition coefficient (Wildman–Crippen LogP) is 1.03. The molecule has 1 aromatic heterocycles. The third-order valence-electron chi connectivity index (χ3n) is 3.91. The predicted molar refractivity (Wildman–Crippen MR) is 86.5 cm³/mol. The molecule has 2 aromatic rings. The van der Waals surface area contributed by atoms with E-state index in [1.165, 1.54) is 0 Å². The van der Waals surface area contributed by atoms with Crippen LogP contribution in [0.1, 0.15) is 23.2 Å². The van der Waals surface area contributed by atoms with Crippen LogP contribution in [0.3, 0.4) is 0 Å². The van der Waals surface area contributed by atoms with Gasteiger partial charge in [0, 0.05) is 30.7 Å². The van der Waals surface area contributed by atoms with E-state index in [1.807, 2.05) is 0 Å². The summed E-state index contributed by atoms with van der Waals surface area (Å²) < 4.78 is 5.78. The maximum atomic E-state index is 11.5. The number of amides is 2. The van der Waals surface area contributed by atoms with Crippen molar-refractivity contribution in [2.45, 2.75) is 18.9 Å². The van der Waals surface area contributed by atoms with E-state index in [1.54, 1.807) is 31.4 Å². The van der Waals surface area contributed by atoms with Gasteiger partial charge in [0.15, 0.2) is 0 Å². The number of carbonyl (C=O) groups excluding carboxylic acids is 2. The van der Waals surface area contributed by atoms with E-state index in [9.17, 15) is 9.59 Å². The number of carbonyl (C=O) groups is 2. The summed E-state index contributed by atoms with van der Waals surface area (Å²) in [4.78, 5) is 27.0. The molecule has 0 bridgehead atoms. The highest BCUT2D eigenvalue weighted by molar-refractivity contribution is 6.04. The van der Waals surface area contributed by atoms with Gasteiger partial charge in [0.25, 0.3) is 5.91 Å². The van der Waals surface area contributed by atoms with Crippen LogP contribution in [0.2, 0.25) is 0 Å². The Balaban J connectivity index is 1.91. The van der Waals surface area contributed by atoms with Crippen molar-refractivity contribution in [1.82, 2.24) is 10.3 Å². The van der Waals surface area contributed by atoms with E-state index in [0.29, 0.717) is 30.2 Å². The fraction of sp³-hybridized carbons (Fsp3) is 0.312.